The minimum Gasteiger partial charge on any atom is -0.468 e. The summed E-state index contributed by atoms with van der Waals surface area (Å²) in [5.41, 5.74) is -0.754. The number of rotatable bonds is 8. The van der Waals surface area contributed by atoms with Gasteiger partial charge in [-0.15, -0.1) is 0 Å². The van der Waals surface area contributed by atoms with E-state index < -0.39 is 5.60 Å². The highest BCUT2D eigenvalue weighted by Gasteiger charge is 2.22. The summed E-state index contributed by atoms with van der Waals surface area (Å²) < 4.78 is 10.3. The summed E-state index contributed by atoms with van der Waals surface area (Å²) in [5.74, 6) is 0.912. The molecular formula is C13H23NO3. The first-order valence-electron chi connectivity index (χ1n) is 6.07. The van der Waals surface area contributed by atoms with Crippen molar-refractivity contribution in [1.82, 2.24) is 5.32 Å². The van der Waals surface area contributed by atoms with E-state index in [1.54, 1.807) is 13.4 Å². The molecule has 1 rings (SSSR count). The molecule has 0 amide bonds. The average Bonchev–Trinajstić information content (AvgIpc) is 2.81. The van der Waals surface area contributed by atoms with E-state index >= 15 is 0 Å². The van der Waals surface area contributed by atoms with Gasteiger partial charge in [-0.1, -0.05) is 6.92 Å². The molecular weight excluding hydrogens is 218 g/mol. The Hall–Kier alpha value is -0.840. The largest absolute Gasteiger partial charge is 0.468 e. The second kappa shape index (κ2) is 6.79. The van der Waals surface area contributed by atoms with E-state index in [2.05, 4.69) is 12.2 Å². The SMILES string of the molecule is CCC(NCC(C)(O)CCOC)c1ccco1. The summed E-state index contributed by atoms with van der Waals surface area (Å²) in [6, 6.07) is 3.98. The Morgan fingerprint density at radius 2 is 2.35 bits per heavy atom. The van der Waals surface area contributed by atoms with Gasteiger partial charge in [-0.25, -0.2) is 0 Å². The lowest BCUT2D eigenvalue weighted by atomic mass is 10.0. The van der Waals surface area contributed by atoms with Crippen LogP contribution in [0.1, 0.15) is 38.5 Å². The molecule has 0 aliphatic heterocycles. The minimum absolute atomic E-state index is 0.152. The number of hydrogen-bond donors (Lipinski definition) is 2. The number of hydrogen-bond acceptors (Lipinski definition) is 4. The van der Waals surface area contributed by atoms with Gasteiger partial charge in [-0.05, 0) is 25.5 Å². The van der Waals surface area contributed by atoms with Gasteiger partial charge < -0.3 is 19.6 Å². The summed E-state index contributed by atoms with van der Waals surface area (Å²) in [4.78, 5) is 0. The van der Waals surface area contributed by atoms with Gasteiger partial charge in [-0.2, -0.15) is 0 Å². The van der Waals surface area contributed by atoms with Crippen LogP contribution in [0.25, 0.3) is 0 Å². The maximum absolute atomic E-state index is 10.1. The van der Waals surface area contributed by atoms with Gasteiger partial charge in [0.05, 0.1) is 17.9 Å². The van der Waals surface area contributed by atoms with Crippen molar-refractivity contribution in [1.29, 1.82) is 0 Å². The maximum Gasteiger partial charge on any atom is 0.120 e. The molecule has 4 nitrogen and oxygen atoms in total. The van der Waals surface area contributed by atoms with E-state index in [0.29, 0.717) is 19.6 Å². The highest BCUT2D eigenvalue weighted by Crippen LogP contribution is 2.18. The van der Waals surface area contributed by atoms with E-state index in [1.807, 2.05) is 19.1 Å². The van der Waals surface area contributed by atoms with E-state index in [1.165, 1.54) is 0 Å². The molecule has 0 saturated heterocycles. The van der Waals surface area contributed by atoms with Crippen molar-refractivity contribution < 1.29 is 14.3 Å². The van der Waals surface area contributed by atoms with Crippen LogP contribution < -0.4 is 5.32 Å². The Bertz CT molecular complexity index is 296. The first kappa shape index (κ1) is 14.2. The van der Waals surface area contributed by atoms with Crippen LogP contribution in [0.5, 0.6) is 0 Å². The molecule has 0 fully saturated rings. The fourth-order valence-corrected chi connectivity index (χ4v) is 1.69. The third kappa shape index (κ3) is 4.89. The quantitative estimate of drug-likeness (QED) is 0.732. The molecule has 0 bridgehead atoms. The molecule has 2 N–H and O–H groups in total. The summed E-state index contributed by atoms with van der Waals surface area (Å²) in [7, 11) is 1.64. The zero-order valence-corrected chi connectivity index (χ0v) is 10.9. The lowest BCUT2D eigenvalue weighted by Gasteiger charge is -2.26. The molecule has 2 unspecified atom stereocenters. The predicted molar refractivity (Wildman–Crippen MR) is 66.9 cm³/mol. The van der Waals surface area contributed by atoms with Crippen LogP contribution in [0.15, 0.2) is 22.8 Å². The predicted octanol–water partition coefficient (Wildman–Crippen LogP) is 2.11. The average molecular weight is 241 g/mol. The van der Waals surface area contributed by atoms with Crippen molar-refractivity contribution in [3.63, 3.8) is 0 Å². The van der Waals surface area contributed by atoms with Crippen molar-refractivity contribution >= 4 is 0 Å². The van der Waals surface area contributed by atoms with Crippen LogP contribution in [0.4, 0.5) is 0 Å². The number of furan rings is 1. The van der Waals surface area contributed by atoms with Gasteiger partial charge >= 0.3 is 0 Å². The zero-order valence-electron chi connectivity index (χ0n) is 10.9. The molecule has 0 spiro atoms. The number of methoxy groups -OCH3 is 1. The van der Waals surface area contributed by atoms with E-state index in [9.17, 15) is 5.11 Å². The van der Waals surface area contributed by atoms with Gasteiger partial charge in [0.15, 0.2) is 0 Å². The second-order valence-corrected chi connectivity index (χ2v) is 4.60. The van der Waals surface area contributed by atoms with Gasteiger partial charge in [0.25, 0.3) is 0 Å². The topological polar surface area (TPSA) is 54.6 Å². The minimum atomic E-state index is -0.754. The second-order valence-electron chi connectivity index (χ2n) is 4.60. The van der Waals surface area contributed by atoms with Crippen LogP contribution in [-0.4, -0.2) is 31.0 Å². The summed E-state index contributed by atoms with van der Waals surface area (Å²) >= 11 is 0. The Morgan fingerprint density at radius 1 is 1.59 bits per heavy atom. The molecule has 0 aliphatic carbocycles. The van der Waals surface area contributed by atoms with Crippen molar-refractivity contribution in [2.75, 3.05) is 20.3 Å². The van der Waals surface area contributed by atoms with Gasteiger partial charge in [0, 0.05) is 26.7 Å². The Morgan fingerprint density at radius 3 is 2.88 bits per heavy atom. The first-order valence-corrected chi connectivity index (χ1v) is 6.07. The van der Waals surface area contributed by atoms with Crippen molar-refractivity contribution in [2.45, 2.75) is 38.3 Å². The monoisotopic (exact) mass is 241 g/mol. The molecule has 0 aliphatic rings. The van der Waals surface area contributed by atoms with Gasteiger partial charge in [0.2, 0.25) is 0 Å². The standard InChI is InChI=1S/C13H23NO3/c1-4-11(12-6-5-8-17-12)14-10-13(2,15)7-9-16-3/h5-6,8,11,14-15H,4,7,9-10H2,1-3H3. The maximum atomic E-state index is 10.1. The normalized spacial score (nSPS) is 16.7. The van der Waals surface area contributed by atoms with Crippen LogP contribution in [-0.2, 0) is 4.74 Å². The van der Waals surface area contributed by atoms with Crippen molar-refractivity contribution in [3.8, 4) is 0 Å². The first-order chi connectivity index (χ1) is 8.09. The Kier molecular flexibility index (Phi) is 5.68. The Balaban J connectivity index is 2.42. The van der Waals surface area contributed by atoms with Gasteiger partial charge in [0.1, 0.15) is 5.76 Å². The molecule has 1 aromatic heterocycles. The van der Waals surface area contributed by atoms with Crippen molar-refractivity contribution in [3.05, 3.63) is 24.2 Å². The molecule has 1 heterocycles. The lowest BCUT2D eigenvalue weighted by molar-refractivity contribution is 0.0221. The van der Waals surface area contributed by atoms with Crippen LogP contribution in [0.2, 0.25) is 0 Å². The molecule has 17 heavy (non-hydrogen) atoms. The highest BCUT2D eigenvalue weighted by atomic mass is 16.5. The lowest BCUT2D eigenvalue weighted by Crippen LogP contribution is -2.40. The molecule has 0 saturated carbocycles. The molecule has 2 atom stereocenters. The molecule has 1 aromatic rings. The number of nitrogens with one attached hydrogen (secondary N) is 1. The summed E-state index contributed by atoms with van der Waals surface area (Å²) in [6.45, 7) is 4.99. The van der Waals surface area contributed by atoms with E-state index in [-0.39, 0.29) is 6.04 Å². The van der Waals surface area contributed by atoms with Gasteiger partial charge in [-0.3, -0.25) is 0 Å². The zero-order chi connectivity index (χ0) is 12.7. The van der Waals surface area contributed by atoms with E-state index in [4.69, 9.17) is 9.15 Å². The molecule has 4 heteroatoms. The number of aliphatic hydroxyl groups is 1. The highest BCUT2D eigenvalue weighted by molar-refractivity contribution is 5.04. The molecule has 0 aromatic carbocycles. The third-order valence-electron chi connectivity index (χ3n) is 2.87. The smallest absolute Gasteiger partial charge is 0.120 e. The number of ether oxygens (including phenoxy) is 1. The summed E-state index contributed by atoms with van der Waals surface area (Å²) in [5, 5.41) is 13.4. The van der Waals surface area contributed by atoms with E-state index in [0.717, 1.165) is 12.2 Å². The fourth-order valence-electron chi connectivity index (χ4n) is 1.69. The fraction of sp³-hybridized carbons (Fsp3) is 0.692. The van der Waals surface area contributed by atoms with Crippen LogP contribution in [0, 0.1) is 0 Å². The van der Waals surface area contributed by atoms with Crippen LogP contribution >= 0.6 is 0 Å². The molecule has 0 radical (unpaired) electrons. The van der Waals surface area contributed by atoms with Crippen LogP contribution in [0.3, 0.4) is 0 Å². The summed E-state index contributed by atoms with van der Waals surface area (Å²) in [6.07, 6.45) is 3.21. The van der Waals surface area contributed by atoms with Crippen molar-refractivity contribution in [2.24, 2.45) is 0 Å². The molecule has 98 valence electrons. The Labute approximate surface area is 103 Å². The third-order valence-corrected chi connectivity index (χ3v) is 2.87.